The lowest BCUT2D eigenvalue weighted by atomic mass is 10.1. The third kappa shape index (κ3) is 7.42. The summed E-state index contributed by atoms with van der Waals surface area (Å²) < 4.78 is 0. The molecule has 1 rings (SSSR count). The van der Waals surface area contributed by atoms with Crippen LogP contribution in [0.15, 0.2) is 30.3 Å². The van der Waals surface area contributed by atoms with E-state index < -0.39 is 5.97 Å². The van der Waals surface area contributed by atoms with Crippen LogP contribution in [0.4, 0.5) is 0 Å². The Labute approximate surface area is 130 Å². The van der Waals surface area contributed by atoms with Gasteiger partial charge in [-0.3, -0.25) is 14.4 Å². The molecule has 0 unspecified atom stereocenters. The minimum atomic E-state index is -0.887. The van der Waals surface area contributed by atoms with Crippen molar-refractivity contribution in [3.63, 3.8) is 0 Å². The van der Waals surface area contributed by atoms with E-state index in [9.17, 15) is 14.4 Å². The molecule has 0 saturated heterocycles. The van der Waals surface area contributed by atoms with E-state index in [-0.39, 0.29) is 24.8 Å². The van der Waals surface area contributed by atoms with E-state index in [0.29, 0.717) is 25.9 Å². The average Bonchev–Trinajstić information content (AvgIpc) is 2.48. The van der Waals surface area contributed by atoms with Crippen molar-refractivity contribution in [1.29, 1.82) is 0 Å². The number of carboxylic acids is 1. The lowest BCUT2D eigenvalue weighted by Crippen LogP contribution is -2.41. The molecule has 2 N–H and O–H groups in total. The Morgan fingerprint density at radius 2 is 1.86 bits per heavy atom. The van der Waals surface area contributed by atoms with Crippen LogP contribution >= 0.6 is 0 Å². The van der Waals surface area contributed by atoms with Crippen LogP contribution < -0.4 is 5.32 Å². The highest BCUT2D eigenvalue weighted by Crippen LogP contribution is 2.02. The number of hydrogen-bond acceptors (Lipinski definition) is 3. The third-order valence-corrected chi connectivity index (χ3v) is 3.18. The highest BCUT2D eigenvalue weighted by atomic mass is 16.4. The molecule has 0 fully saturated rings. The molecule has 6 heteroatoms. The number of rotatable bonds is 9. The molecule has 1 aromatic rings. The predicted molar refractivity (Wildman–Crippen MR) is 82.3 cm³/mol. The number of carbonyl (C=O) groups is 3. The Morgan fingerprint density at radius 3 is 2.45 bits per heavy atom. The van der Waals surface area contributed by atoms with Gasteiger partial charge in [0.15, 0.2) is 0 Å². The number of carboxylic acid groups (broad SMARTS) is 1. The maximum Gasteiger partial charge on any atom is 0.303 e. The molecule has 1 aromatic carbocycles. The summed E-state index contributed by atoms with van der Waals surface area (Å²) in [5.41, 5.74) is 1.11. The van der Waals surface area contributed by atoms with Gasteiger partial charge in [-0.05, 0) is 18.4 Å². The molecule has 0 spiro atoms. The molecule has 2 amide bonds. The highest BCUT2D eigenvalue weighted by molar-refractivity contribution is 5.83. The summed E-state index contributed by atoms with van der Waals surface area (Å²) >= 11 is 0. The van der Waals surface area contributed by atoms with Crippen molar-refractivity contribution in [3.05, 3.63) is 35.9 Å². The van der Waals surface area contributed by atoms with Gasteiger partial charge >= 0.3 is 5.97 Å². The Balaban J connectivity index is 2.35. The molecular weight excluding hydrogens is 284 g/mol. The van der Waals surface area contributed by atoms with Gasteiger partial charge in [-0.2, -0.15) is 0 Å². The van der Waals surface area contributed by atoms with E-state index in [1.807, 2.05) is 30.3 Å². The topological polar surface area (TPSA) is 86.7 Å². The first-order valence-electron chi connectivity index (χ1n) is 7.27. The number of benzene rings is 1. The van der Waals surface area contributed by atoms with Gasteiger partial charge in [-0.15, -0.1) is 0 Å². The first-order chi connectivity index (χ1) is 10.5. The zero-order valence-corrected chi connectivity index (χ0v) is 12.7. The van der Waals surface area contributed by atoms with Crippen molar-refractivity contribution in [2.24, 2.45) is 0 Å². The van der Waals surface area contributed by atoms with Gasteiger partial charge in [0.05, 0.1) is 6.54 Å². The second-order valence-corrected chi connectivity index (χ2v) is 5.02. The fourth-order valence-corrected chi connectivity index (χ4v) is 1.95. The molecule has 0 aliphatic rings. The summed E-state index contributed by atoms with van der Waals surface area (Å²) in [5.74, 6) is -1.31. The van der Waals surface area contributed by atoms with Crippen molar-refractivity contribution in [1.82, 2.24) is 10.2 Å². The normalized spacial score (nSPS) is 10.0. The maximum absolute atomic E-state index is 11.8. The average molecular weight is 306 g/mol. The number of aliphatic carboxylic acids is 1. The molecule has 6 nitrogen and oxygen atoms in total. The number of hydrogen-bond donors (Lipinski definition) is 2. The second kappa shape index (κ2) is 9.55. The molecule has 0 bridgehead atoms. The smallest absolute Gasteiger partial charge is 0.303 e. The standard InChI is InChI=1S/C16H22N2O4/c1-13(19)18(11-9-14-6-3-2-4-7-14)12-15(20)17-10-5-8-16(21)22/h2-4,6-7H,5,8-12H2,1H3,(H,17,20)(H,21,22). The Hall–Kier alpha value is -2.37. The molecular formula is C16H22N2O4. The third-order valence-electron chi connectivity index (χ3n) is 3.18. The first-order valence-corrected chi connectivity index (χ1v) is 7.27. The maximum atomic E-state index is 11.8. The van der Waals surface area contributed by atoms with E-state index in [2.05, 4.69) is 5.32 Å². The minimum absolute atomic E-state index is 0.00472. The zero-order chi connectivity index (χ0) is 16.4. The van der Waals surface area contributed by atoms with E-state index in [0.717, 1.165) is 5.56 Å². The summed E-state index contributed by atoms with van der Waals surface area (Å²) in [5, 5.41) is 11.1. The molecule has 0 radical (unpaired) electrons. The number of nitrogens with one attached hydrogen (secondary N) is 1. The van der Waals surface area contributed by atoms with E-state index >= 15 is 0 Å². The lowest BCUT2D eigenvalue weighted by molar-refractivity contribution is -0.137. The van der Waals surface area contributed by atoms with Gasteiger partial charge in [-0.25, -0.2) is 0 Å². The predicted octanol–water partition coefficient (Wildman–Crippen LogP) is 1.06. The van der Waals surface area contributed by atoms with Crippen molar-refractivity contribution in [3.8, 4) is 0 Å². The van der Waals surface area contributed by atoms with E-state index in [1.165, 1.54) is 11.8 Å². The molecule has 0 atom stereocenters. The second-order valence-electron chi connectivity index (χ2n) is 5.02. The Kier molecular flexibility index (Phi) is 7.67. The molecule has 0 saturated carbocycles. The van der Waals surface area contributed by atoms with Gasteiger partial charge < -0.3 is 15.3 Å². The SMILES string of the molecule is CC(=O)N(CCc1ccccc1)CC(=O)NCCCC(=O)O. The molecule has 0 heterocycles. The van der Waals surface area contributed by atoms with Crippen LogP contribution in [-0.2, 0) is 20.8 Å². The van der Waals surface area contributed by atoms with Gasteiger partial charge in [0.1, 0.15) is 0 Å². The lowest BCUT2D eigenvalue weighted by Gasteiger charge is -2.20. The first kappa shape index (κ1) is 17.7. The zero-order valence-electron chi connectivity index (χ0n) is 12.7. The summed E-state index contributed by atoms with van der Waals surface area (Å²) in [4.78, 5) is 35.2. The fourth-order valence-electron chi connectivity index (χ4n) is 1.95. The summed E-state index contributed by atoms with van der Waals surface area (Å²) in [7, 11) is 0. The van der Waals surface area contributed by atoms with E-state index in [4.69, 9.17) is 5.11 Å². The largest absolute Gasteiger partial charge is 0.481 e. The van der Waals surface area contributed by atoms with Crippen molar-refractivity contribution >= 4 is 17.8 Å². The number of nitrogens with zero attached hydrogens (tertiary/aromatic N) is 1. The highest BCUT2D eigenvalue weighted by Gasteiger charge is 2.13. The Morgan fingerprint density at radius 1 is 1.18 bits per heavy atom. The number of amides is 2. The van der Waals surface area contributed by atoms with Gasteiger partial charge in [0.2, 0.25) is 11.8 Å². The van der Waals surface area contributed by atoms with Crippen LogP contribution in [0, 0.1) is 0 Å². The molecule has 120 valence electrons. The van der Waals surface area contributed by atoms with Crippen molar-refractivity contribution < 1.29 is 19.5 Å². The molecule has 22 heavy (non-hydrogen) atoms. The van der Waals surface area contributed by atoms with E-state index in [1.54, 1.807) is 0 Å². The van der Waals surface area contributed by atoms with Crippen LogP contribution in [0.1, 0.15) is 25.3 Å². The summed E-state index contributed by atoms with van der Waals surface area (Å²) in [6.45, 7) is 2.20. The van der Waals surface area contributed by atoms with Crippen molar-refractivity contribution in [2.45, 2.75) is 26.2 Å². The Bertz CT molecular complexity index is 502. The van der Waals surface area contributed by atoms with Crippen LogP contribution in [0.25, 0.3) is 0 Å². The van der Waals surface area contributed by atoms with Crippen LogP contribution in [0.2, 0.25) is 0 Å². The van der Waals surface area contributed by atoms with Gasteiger partial charge in [0.25, 0.3) is 0 Å². The van der Waals surface area contributed by atoms with Gasteiger partial charge in [-0.1, -0.05) is 30.3 Å². The number of carbonyl (C=O) groups excluding carboxylic acids is 2. The van der Waals surface area contributed by atoms with Crippen LogP contribution in [0.3, 0.4) is 0 Å². The van der Waals surface area contributed by atoms with Gasteiger partial charge in [0, 0.05) is 26.4 Å². The molecule has 0 aromatic heterocycles. The summed E-state index contributed by atoms with van der Waals surface area (Å²) in [6.07, 6.45) is 1.09. The van der Waals surface area contributed by atoms with Crippen LogP contribution in [0.5, 0.6) is 0 Å². The quantitative estimate of drug-likeness (QED) is 0.668. The molecule has 0 aliphatic carbocycles. The van der Waals surface area contributed by atoms with Crippen LogP contribution in [-0.4, -0.2) is 47.4 Å². The molecule has 0 aliphatic heterocycles. The van der Waals surface area contributed by atoms with Crippen molar-refractivity contribution in [2.75, 3.05) is 19.6 Å². The minimum Gasteiger partial charge on any atom is -0.481 e. The fraction of sp³-hybridized carbons (Fsp3) is 0.438. The summed E-state index contributed by atoms with van der Waals surface area (Å²) in [6, 6.07) is 9.75. The monoisotopic (exact) mass is 306 g/mol.